The topological polar surface area (TPSA) is 68.0 Å². The molecular formula is C11H13N3OS2. The number of carbonyl (C=O) groups excluding carboxylic acids is 1. The van der Waals surface area contributed by atoms with Crippen molar-refractivity contribution in [3.63, 3.8) is 0 Å². The number of aromatic nitrogens is 1. The fraction of sp³-hybridized carbons (Fsp3) is 0.273. The van der Waals surface area contributed by atoms with E-state index in [0.717, 1.165) is 5.01 Å². The van der Waals surface area contributed by atoms with Crippen molar-refractivity contribution < 1.29 is 4.79 Å². The predicted molar refractivity (Wildman–Crippen MR) is 70.2 cm³/mol. The van der Waals surface area contributed by atoms with E-state index in [1.54, 1.807) is 16.7 Å². The molecule has 0 saturated carbocycles. The van der Waals surface area contributed by atoms with Crippen LogP contribution in [0.15, 0.2) is 16.8 Å². The van der Waals surface area contributed by atoms with Gasteiger partial charge in [-0.1, -0.05) is 0 Å². The number of thiophene rings is 1. The van der Waals surface area contributed by atoms with E-state index < -0.39 is 0 Å². The highest BCUT2D eigenvalue weighted by Gasteiger charge is 2.10. The molecule has 0 fully saturated rings. The Hall–Kier alpha value is -1.24. The molecule has 0 radical (unpaired) electrons. The molecule has 2 aromatic rings. The van der Waals surface area contributed by atoms with Crippen molar-refractivity contribution in [2.75, 3.05) is 0 Å². The Labute approximate surface area is 107 Å². The van der Waals surface area contributed by atoms with Crippen LogP contribution in [0.4, 0.5) is 0 Å². The lowest BCUT2D eigenvalue weighted by Crippen LogP contribution is -2.23. The zero-order valence-corrected chi connectivity index (χ0v) is 11.0. The molecule has 90 valence electrons. The highest BCUT2D eigenvalue weighted by molar-refractivity contribution is 7.10. The third-order valence-electron chi connectivity index (χ3n) is 2.34. The number of nitrogens with one attached hydrogen (secondary N) is 1. The maximum absolute atomic E-state index is 11.8. The van der Waals surface area contributed by atoms with Gasteiger partial charge >= 0.3 is 0 Å². The normalized spacial score (nSPS) is 10.5. The molecule has 0 spiro atoms. The fourth-order valence-electron chi connectivity index (χ4n) is 1.35. The summed E-state index contributed by atoms with van der Waals surface area (Å²) in [7, 11) is 0. The quantitative estimate of drug-likeness (QED) is 0.889. The molecule has 3 N–H and O–H groups in total. The number of nitrogens with zero attached hydrogens (tertiary/aromatic N) is 1. The second-order valence-electron chi connectivity index (χ2n) is 3.54. The smallest absolute Gasteiger partial charge is 0.271 e. The molecule has 17 heavy (non-hydrogen) atoms. The number of nitrogens with two attached hydrogens (primary N) is 1. The molecule has 0 saturated heterocycles. The Bertz CT molecular complexity index is 518. The van der Waals surface area contributed by atoms with Gasteiger partial charge in [-0.3, -0.25) is 4.79 Å². The van der Waals surface area contributed by atoms with Crippen LogP contribution in [0.3, 0.4) is 0 Å². The maximum atomic E-state index is 11.8. The second kappa shape index (κ2) is 5.39. The number of hydrogen-bond acceptors (Lipinski definition) is 5. The zero-order chi connectivity index (χ0) is 12.3. The summed E-state index contributed by atoms with van der Waals surface area (Å²) in [6.07, 6.45) is 0. The van der Waals surface area contributed by atoms with Crippen LogP contribution in [0.1, 0.15) is 25.9 Å². The molecular weight excluding hydrogens is 254 g/mol. The van der Waals surface area contributed by atoms with Gasteiger partial charge in [0.15, 0.2) is 0 Å². The van der Waals surface area contributed by atoms with E-state index in [-0.39, 0.29) is 5.91 Å². The van der Waals surface area contributed by atoms with Crippen molar-refractivity contribution in [1.82, 2.24) is 10.3 Å². The Morgan fingerprint density at radius 3 is 2.94 bits per heavy atom. The number of aryl methyl sites for hydroxylation is 1. The minimum absolute atomic E-state index is 0.145. The van der Waals surface area contributed by atoms with Crippen LogP contribution in [0.25, 0.3) is 0 Å². The number of hydrogen-bond donors (Lipinski definition) is 2. The van der Waals surface area contributed by atoms with Crippen LogP contribution in [-0.4, -0.2) is 10.9 Å². The van der Waals surface area contributed by atoms with Gasteiger partial charge in [-0.15, -0.1) is 22.7 Å². The van der Waals surface area contributed by atoms with Crippen LogP contribution in [0, 0.1) is 6.92 Å². The fourth-order valence-corrected chi connectivity index (χ4v) is 2.85. The third kappa shape index (κ3) is 2.91. The standard InChI is InChI=1S/C11H13N3OS2/c1-7-2-3-16-9(7)5-13-11(15)8-6-17-10(4-12)14-8/h2-3,6H,4-5,12H2,1H3,(H,13,15). The lowest BCUT2D eigenvalue weighted by Gasteiger charge is -2.02. The highest BCUT2D eigenvalue weighted by Crippen LogP contribution is 2.15. The summed E-state index contributed by atoms with van der Waals surface area (Å²) in [5.41, 5.74) is 7.11. The van der Waals surface area contributed by atoms with Crippen LogP contribution in [0.2, 0.25) is 0 Å². The van der Waals surface area contributed by atoms with E-state index in [0.29, 0.717) is 18.8 Å². The summed E-state index contributed by atoms with van der Waals surface area (Å²) >= 11 is 3.05. The van der Waals surface area contributed by atoms with Crippen LogP contribution >= 0.6 is 22.7 Å². The first-order valence-corrected chi connectivity index (χ1v) is 6.92. The molecule has 0 aliphatic heterocycles. The largest absolute Gasteiger partial charge is 0.346 e. The van der Waals surface area contributed by atoms with Gasteiger partial charge in [0.1, 0.15) is 10.7 Å². The summed E-state index contributed by atoms with van der Waals surface area (Å²) in [5.74, 6) is -0.145. The first kappa shape index (κ1) is 12.2. The van der Waals surface area contributed by atoms with E-state index in [1.165, 1.54) is 21.8 Å². The SMILES string of the molecule is Cc1ccsc1CNC(=O)c1csc(CN)n1. The van der Waals surface area contributed by atoms with Crippen molar-refractivity contribution in [2.24, 2.45) is 5.73 Å². The van der Waals surface area contributed by atoms with Crippen molar-refractivity contribution in [1.29, 1.82) is 0 Å². The van der Waals surface area contributed by atoms with Gasteiger partial charge in [0.2, 0.25) is 0 Å². The third-order valence-corrected chi connectivity index (χ3v) is 4.23. The van der Waals surface area contributed by atoms with Crippen molar-refractivity contribution in [2.45, 2.75) is 20.0 Å². The van der Waals surface area contributed by atoms with Gasteiger partial charge in [0, 0.05) is 16.8 Å². The van der Waals surface area contributed by atoms with Gasteiger partial charge in [-0.25, -0.2) is 4.98 Å². The molecule has 0 unspecified atom stereocenters. The molecule has 2 heterocycles. The van der Waals surface area contributed by atoms with E-state index in [2.05, 4.69) is 10.3 Å². The van der Waals surface area contributed by atoms with Crippen molar-refractivity contribution >= 4 is 28.6 Å². The predicted octanol–water partition coefficient (Wildman–Crippen LogP) is 1.90. The zero-order valence-electron chi connectivity index (χ0n) is 9.40. The summed E-state index contributed by atoms with van der Waals surface area (Å²) in [4.78, 5) is 17.1. The number of carbonyl (C=O) groups is 1. The average molecular weight is 267 g/mol. The van der Waals surface area contributed by atoms with Gasteiger partial charge in [-0.2, -0.15) is 0 Å². The minimum atomic E-state index is -0.145. The van der Waals surface area contributed by atoms with Gasteiger partial charge in [0.25, 0.3) is 5.91 Å². The van der Waals surface area contributed by atoms with Gasteiger partial charge in [-0.05, 0) is 23.9 Å². The lowest BCUT2D eigenvalue weighted by atomic mass is 10.3. The number of thiazole rings is 1. The molecule has 6 heteroatoms. The minimum Gasteiger partial charge on any atom is -0.346 e. The summed E-state index contributed by atoms with van der Waals surface area (Å²) in [6.45, 7) is 2.97. The van der Waals surface area contributed by atoms with Crippen LogP contribution in [0.5, 0.6) is 0 Å². The molecule has 0 aliphatic carbocycles. The first-order valence-electron chi connectivity index (χ1n) is 5.16. The molecule has 0 aromatic carbocycles. The summed E-state index contributed by atoms with van der Waals surface area (Å²) in [5, 5.41) is 7.39. The first-order chi connectivity index (χ1) is 8.20. The molecule has 2 aromatic heterocycles. The van der Waals surface area contributed by atoms with E-state index in [9.17, 15) is 4.79 Å². The summed E-state index contributed by atoms with van der Waals surface area (Å²) < 4.78 is 0. The van der Waals surface area contributed by atoms with E-state index >= 15 is 0 Å². The Kier molecular flexibility index (Phi) is 3.88. The molecule has 0 atom stereocenters. The van der Waals surface area contributed by atoms with E-state index in [4.69, 9.17) is 5.73 Å². The maximum Gasteiger partial charge on any atom is 0.271 e. The molecule has 4 nitrogen and oxygen atoms in total. The van der Waals surface area contributed by atoms with Crippen molar-refractivity contribution in [3.05, 3.63) is 38.0 Å². The number of rotatable bonds is 4. The van der Waals surface area contributed by atoms with Crippen molar-refractivity contribution in [3.8, 4) is 0 Å². The number of amides is 1. The van der Waals surface area contributed by atoms with Gasteiger partial charge in [0.05, 0.1) is 6.54 Å². The average Bonchev–Trinajstić information content (AvgIpc) is 2.94. The highest BCUT2D eigenvalue weighted by atomic mass is 32.1. The Morgan fingerprint density at radius 1 is 1.53 bits per heavy atom. The van der Waals surface area contributed by atoms with Crippen LogP contribution < -0.4 is 11.1 Å². The molecule has 0 bridgehead atoms. The molecule has 1 amide bonds. The van der Waals surface area contributed by atoms with E-state index in [1.807, 2.05) is 18.4 Å². The molecule has 0 aliphatic rings. The summed E-state index contributed by atoms with van der Waals surface area (Å²) in [6, 6.07) is 2.04. The Balaban J connectivity index is 1.95. The Morgan fingerprint density at radius 2 is 2.35 bits per heavy atom. The van der Waals surface area contributed by atoms with Crippen LogP contribution in [-0.2, 0) is 13.1 Å². The lowest BCUT2D eigenvalue weighted by molar-refractivity contribution is 0.0947. The molecule has 2 rings (SSSR count). The van der Waals surface area contributed by atoms with Gasteiger partial charge < -0.3 is 11.1 Å². The monoisotopic (exact) mass is 267 g/mol. The second-order valence-corrected chi connectivity index (χ2v) is 5.48.